The van der Waals surface area contributed by atoms with E-state index in [0.29, 0.717) is 96.9 Å². The van der Waals surface area contributed by atoms with Gasteiger partial charge in [0, 0.05) is 144 Å². The van der Waals surface area contributed by atoms with Crippen LogP contribution >= 0.6 is 0 Å². The highest BCUT2D eigenvalue weighted by Crippen LogP contribution is 2.43. The summed E-state index contributed by atoms with van der Waals surface area (Å²) < 4.78 is 34.3. The second-order valence-electron chi connectivity index (χ2n) is 20.3. The molecule has 19 nitrogen and oxygen atoms in total. The number of allylic oxidation sites excluding steroid dienone is 1. The molecule has 19 heteroatoms. The number of urea groups is 2. The van der Waals surface area contributed by atoms with Gasteiger partial charge in [-0.25, -0.2) is 19.6 Å². The lowest BCUT2D eigenvalue weighted by Gasteiger charge is -2.30. The van der Waals surface area contributed by atoms with Crippen molar-refractivity contribution in [1.29, 1.82) is 0 Å². The second-order valence-corrected chi connectivity index (χ2v) is 20.3. The summed E-state index contributed by atoms with van der Waals surface area (Å²) in [6.07, 6.45) is 12.6. The van der Waals surface area contributed by atoms with Gasteiger partial charge in [-0.2, -0.15) is 10.2 Å². The molecule has 374 valence electrons. The van der Waals surface area contributed by atoms with Gasteiger partial charge in [0.2, 0.25) is 0 Å². The lowest BCUT2D eigenvalue weighted by atomic mass is 10.0. The number of aryl methyl sites for hydroxylation is 1. The Morgan fingerprint density at radius 1 is 0.771 bits per heavy atom. The van der Waals surface area contributed by atoms with Crippen molar-refractivity contribution >= 4 is 35.3 Å². The zero-order chi connectivity index (χ0) is 48.0. The van der Waals surface area contributed by atoms with Crippen LogP contribution in [0.25, 0.3) is 0 Å². The lowest BCUT2D eigenvalue weighted by Crippen LogP contribution is -2.44. The number of ether oxygens (including phenoxy) is 5. The number of aromatic nitrogens is 6. The van der Waals surface area contributed by atoms with Crippen LogP contribution in [0, 0.1) is 18.8 Å². The Morgan fingerprint density at radius 3 is 1.90 bits per heavy atom. The first-order valence-electron chi connectivity index (χ1n) is 25.5. The molecule has 2 unspecified atom stereocenters. The normalized spacial score (nSPS) is 21.6. The monoisotopic (exact) mass is 961 g/mol. The molecule has 2 aliphatic carbocycles. The number of nitrogens with zero attached hydrogens (tertiary/aromatic N) is 10. The van der Waals surface area contributed by atoms with Crippen LogP contribution in [0.3, 0.4) is 0 Å². The first-order valence-corrected chi connectivity index (χ1v) is 25.5. The molecule has 2 atom stereocenters. The minimum atomic E-state index is -0.0975. The number of hydrogen-bond acceptors (Lipinski definition) is 13. The van der Waals surface area contributed by atoms with E-state index >= 15 is 0 Å². The number of carbonyl (C=O) groups excluding carboxylic acids is 2. The number of rotatable bonds is 15. The molecule has 3 saturated heterocycles. The molecule has 4 aromatic heterocycles. The molecular formula is C51H68N12O7. The number of fused-ring (bicyclic) bond motifs is 2. The van der Waals surface area contributed by atoms with Gasteiger partial charge in [0.25, 0.3) is 0 Å². The van der Waals surface area contributed by atoms with Gasteiger partial charge in [-0.3, -0.25) is 9.36 Å². The van der Waals surface area contributed by atoms with E-state index in [1.807, 2.05) is 65.1 Å². The van der Waals surface area contributed by atoms with Gasteiger partial charge in [0.1, 0.15) is 35.3 Å². The van der Waals surface area contributed by atoms with E-state index in [2.05, 4.69) is 26.6 Å². The molecule has 9 heterocycles. The highest BCUT2D eigenvalue weighted by Gasteiger charge is 2.42. The molecule has 5 fully saturated rings. The Hall–Kier alpha value is -5.92. The first-order chi connectivity index (χ1) is 34.1. The summed E-state index contributed by atoms with van der Waals surface area (Å²) in [5.74, 6) is 5.29. The van der Waals surface area contributed by atoms with Gasteiger partial charge in [-0.15, -0.1) is 0 Å². The zero-order valence-electron chi connectivity index (χ0n) is 41.2. The van der Waals surface area contributed by atoms with Crippen LogP contribution in [0.2, 0.25) is 0 Å². The van der Waals surface area contributed by atoms with Crippen molar-refractivity contribution in [1.82, 2.24) is 50.0 Å². The fourth-order valence-electron chi connectivity index (χ4n) is 10.7. The van der Waals surface area contributed by atoms with Gasteiger partial charge in [0.15, 0.2) is 11.6 Å². The fraction of sp³-hybridized carbons (Fsp3) is 0.608. The van der Waals surface area contributed by atoms with Crippen molar-refractivity contribution in [3.05, 3.63) is 70.3 Å². The molecule has 4 aromatic rings. The van der Waals surface area contributed by atoms with E-state index in [1.54, 1.807) is 7.05 Å². The van der Waals surface area contributed by atoms with E-state index in [0.717, 1.165) is 89.7 Å². The van der Waals surface area contributed by atoms with E-state index in [9.17, 15) is 9.59 Å². The number of pyridine rings is 2. The smallest absolute Gasteiger partial charge is 0.317 e. The Morgan fingerprint density at radius 2 is 1.34 bits per heavy atom. The maximum atomic E-state index is 14.1. The molecule has 0 radical (unpaired) electrons. The zero-order valence-corrected chi connectivity index (χ0v) is 41.2. The van der Waals surface area contributed by atoms with E-state index < -0.39 is 0 Å². The summed E-state index contributed by atoms with van der Waals surface area (Å²) >= 11 is 0. The Labute approximate surface area is 409 Å². The maximum Gasteiger partial charge on any atom is 0.317 e. The van der Waals surface area contributed by atoms with Gasteiger partial charge < -0.3 is 53.9 Å². The third kappa shape index (κ3) is 9.51. The topological polar surface area (TPSA) is 179 Å². The molecule has 7 aliphatic rings. The van der Waals surface area contributed by atoms with Crippen LogP contribution in [0.1, 0.15) is 90.7 Å². The predicted molar refractivity (Wildman–Crippen MR) is 261 cm³/mol. The predicted octanol–water partition coefficient (Wildman–Crippen LogP) is 5.94. The number of amides is 4. The molecule has 11 rings (SSSR count). The van der Waals surface area contributed by atoms with Gasteiger partial charge in [0.05, 0.1) is 38.4 Å². The molecule has 0 spiro atoms. The van der Waals surface area contributed by atoms with Crippen LogP contribution < -0.4 is 29.9 Å². The van der Waals surface area contributed by atoms with Crippen molar-refractivity contribution in [2.24, 2.45) is 11.8 Å². The average Bonchev–Trinajstić information content (AvgIpc) is 4.30. The van der Waals surface area contributed by atoms with Crippen molar-refractivity contribution in [2.45, 2.75) is 109 Å². The largest absolute Gasteiger partial charge is 0.490 e. The highest BCUT2D eigenvalue weighted by molar-refractivity contribution is 5.76. The molecule has 70 heavy (non-hydrogen) atoms. The Kier molecular flexibility index (Phi) is 13.1. The Balaban J connectivity index is 0.785. The standard InChI is InChI=1S/C51H68N12O7/c1-31(33-6-7-33)20-34-25-54-47(59(5)48-39-27-60(50(64)52-3)14-8-41(39)62(56-48)36-10-16-66-17-11-36)23-45(34)70-44-21-35(44)26-55-51(65)61-15-9-42-40(28-61)49(57-63(42)37-12-18-67-19-13-37)58(4)46-22-43(32(2)24-53-46)69-38-29-68-30-38/h22-25,33,35-38,44H,1,6-21,26-30H2,2-5H3,(H,52,64)(H,55,65). The summed E-state index contributed by atoms with van der Waals surface area (Å²) in [4.78, 5) is 44.5. The van der Waals surface area contributed by atoms with Gasteiger partial charge >= 0.3 is 12.1 Å². The number of carbonyl (C=O) groups is 2. The van der Waals surface area contributed by atoms with Crippen molar-refractivity contribution in [3.8, 4) is 11.5 Å². The van der Waals surface area contributed by atoms with E-state index in [1.165, 1.54) is 29.8 Å². The third-order valence-electron chi connectivity index (χ3n) is 15.4. The van der Waals surface area contributed by atoms with Crippen LogP contribution in [0.15, 0.2) is 36.7 Å². The summed E-state index contributed by atoms with van der Waals surface area (Å²) in [5.41, 5.74) is 7.60. The van der Waals surface area contributed by atoms with Crippen molar-refractivity contribution in [3.63, 3.8) is 0 Å². The number of nitrogens with one attached hydrogen (secondary N) is 2. The molecule has 0 aromatic carbocycles. The lowest BCUT2D eigenvalue weighted by molar-refractivity contribution is -0.0799. The SMILES string of the molecule is C=C(Cc1cnc(N(C)c2nn(C3CCOCC3)c3c2CN(C(=O)NC)CC3)cc1OC1CC1CNC(=O)N1CCc2c(c(N(C)c3cc(OC4COC4)c(C)cn3)nn2C2CCOCC2)C1)C1CC1. The molecule has 2 saturated carbocycles. The van der Waals surface area contributed by atoms with Crippen LogP contribution in [0.5, 0.6) is 11.5 Å². The van der Waals surface area contributed by atoms with Crippen LogP contribution in [-0.2, 0) is 46.6 Å². The van der Waals surface area contributed by atoms with Gasteiger partial charge in [-0.1, -0.05) is 12.2 Å². The molecule has 0 bridgehead atoms. The fourth-order valence-corrected chi connectivity index (χ4v) is 10.7. The Bertz CT molecular complexity index is 2600. The first kappa shape index (κ1) is 46.5. The van der Waals surface area contributed by atoms with Crippen molar-refractivity contribution in [2.75, 3.05) is 90.2 Å². The van der Waals surface area contributed by atoms with Crippen LogP contribution in [-0.4, -0.2) is 144 Å². The van der Waals surface area contributed by atoms with E-state index in [-0.39, 0.29) is 42.3 Å². The maximum absolute atomic E-state index is 14.1. The summed E-state index contributed by atoms with van der Waals surface area (Å²) in [6, 6.07) is 4.29. The van der Waals surface area contributed by atoms with Crippen molar-refractivity contribution < 1.29 is 33.3 Å². The number of anilines is 4. The number of hydrogen-bond donors (Lipinski definition) is 2. The van der Waals surface area contributed by atoms with Gasteiger partial charge in [-0.05, 0) is 64.2 Å². The quantitative estimate of drug-likeness (QED) is 0.134. The molecular weight excluding hydrogens is 893 g/mol. The molecule has 2 N–H and O–H groups in total. The molecule has 5 aliphatic heterocycles. The second kappa shape index (κ2) is 19.7. The van der Waals surface area contributed by atoms with Crippen LogP contribution in [0.4, 0.5) is 32.9 Å². The minimum absolute atomic E-state index is 0.0380. The average molecular weight is 961 g/mol. The summed E-state index contributed by atoms with van der Waals surface area (Å²) in [5, 5.41) is 16.6. The third-order valence-corrected chi connectivity index (χ3v) is 15.4. The summed E-state index contributed by atoms with van der Waals surface area (Å²) in [7, 11) is 5.66. The molecule has 4 amide bonds. The summed E-state index contributed by atoms with van der Waals surface area (Å²) in [6.45, 7) is 13.1. The minimum Gasteiger partial charge on any atom is -0.490 e. The van der Waals surface area contributed by atoms with E-state index in [4.69, 9.17) is 43.8 Å². The highest BCUT2D eigenvalue weighted by atomic mass is 16.6.